The smallest absolute Gasteiger partial charge is 0.430 e. The van der Waals surface area contributed by atoms with Crippen molar-refractivity contribution >= 4 is 0 Å². The van der Waals surface area contributed by atoms with Gasteiger partial charge in [0.2, 0.25) is 5.88 Å². The maximum Gasteiger partial charge on any atom is 0.430 e. The van der Waals surface area contributed by atoms with Gasteiger partial charge in [0.25, 0.3) is 5.67 Å². The Morgan fingerprint density at radius 2 is 1.88 bits per heavy atom. The first-order chi connectivity index (χ1) is 11.1. The molecule has 1 fully saturated rings. The number of hydrogen-bond acceptors (Lipinski definition) is 6. The molecule has 0 amide bonds. The largest absolute Gasteiger partial charge is 0.477 e. The van der Waals surface area contributed by atoms with Gasteiger partial charge in [-0.05, 0) is 13.8 Å². The Labute approximate surface area is 134 Å². The van der Waals surface area contributed by atoms with E-state index in [1.165, 1.54) is 6.92 Å². The number of aromatic nitrogens is 2. The van der Waals surface area contributed by atoms with E-state index in [1.807, 2.05) is 0 Å². The first-order valence-electron chi connectivity index (χ1n) is 7.07. The van der Waals surface area contributed by atoms with Crippen molar-refractivity contribution in [1.82, 2.24) is 15.0 Å². The molecule has 0 N–H and O–H groups in total. The normalized spacial score (nSPS) is 28.2. The molecule has 0 radical (unpaired) electrons. The van der Waals surface area contributed by atoms with Crippen molar-refractivity contribution in [1.29, 1.82) is 0 Å². The molecule has 2 atom stereocenters. The number of hydroxylamine groups is 2. The second-order valence-electron chi connectivity index (χ2n) is 5.01. The van der Waals surface area contributed by atoms with Gasteiger partial charge in [-0.1, -0.05) is 0 Å². The minimum Gasteiger partial charge on any atom is -0.477 e. The SMILES string of the molecule is CCOc1ncc([C@@]2(F)ON(C)C[C@]2(F)C(F)(F)F)c(OCC)n1. The topological polar surface area (TPSA) is 56.7 Å². The molecule has 0 aromatic carbocycles. The highest BCUT2D eigenvalue weighted by molar-refractivity contribution is 5.34. The van der Waals surface area contributed by atoms with Crippen molar-refractivity contribution in [3.63, 3.8) is 0 Å². The van der Waals surface area contributed by atoms with Crippen molar-refractivity contribution in [2.45, 2.75) is 31.5 Å². The van der Waals surface area contributed by atoms with Crippen molar-refractivity contribution in [2.24, 2.45) is 0 Å². The maximum absolute atomic E-state index is 15.2. The fourth-order valence-corrected chi connectivity index (χ4v) is 2.28. The van der Waals surface area contributed by atoms with Gasteiger partial charge < -0.3 is 9.47 Å². The van der Waals surface area contributed by atoms with E-state index in [4.69, 9.17) is 9.47 Å². The van der Waals surface area contributed by atoms with Crippen LogP contribution in [-0.2, 0) is 10.7 Å². The summed E-state index contributed by atoms with van der Waals surface area (Å²) in [6.07, 6.45) is -4.86. The zero-order valence-electron chi connectivity index (χ0n) is 13.2. The Hall–Kier alpha value is -1.75. The van der Waals surface area contributed by atoms with Crippen LogP contribution < -0.4 is 9.47 Å². The highest BCUT2D eigenvalue weighted by atomic mass is 19.4. The number of ether oxygens (including phenoxy) is 2. The molecule has 136 valence electrons. The van der Waals surface area contributed by atoms with Gasteiger partial charge in [0, 0.05) is 13.2 Å². The van der Waals surface area contributed by atoms with E-state index in [-0.39, 0.29) is 19.2 Å². The molecule has 1 saturated heterocycles. The van der Waals surface area contributed by atoms with Crippen molar-refractivity contribution < 1.29 is 36.3 Å². The first kappa shape index (κ1) is 18.6. The fourth-order valence-electron chi connectivity index (χ4n) is 2.28. The molecule has 1 aliphatic rings. The molecule has 0 spiro atoms. The minimum atomic E-state index is -5.53. The molecule has 1 aliphatic heterocycles. The molecule has 0 unspecified atom stereocenters. The van der Waals surface area contributed by atoms with E-state index in [2.05, 4.69) is 14.8 Å². The van der Waals surface area contributed by atoms with Gasteiger partial charge in [-0.25, -0.2) is 18.6 Å². The second-order valence-corrected chi connectivity index (χ2v) is 5.01. The van der Waals surface area contributed by atoms with Crippen LogP contribution in [0.15, 0.2) is 6.20 Å². The summed E-state index contributed by atoms with van der Waals surface area (Å²) in [5.74, 6) is -4.48. The van der Waals surface area contributed by atoms with E-state index in [1.54, 1.807) is 6.92 Å². The Bertz CT molecular complexity index is 603. The highest BCUT2D eigenvalue weighted by Gasteiger charge is 2.77. The maximum atomic E-state index is 15.2. The molecular formula is C13H16F5N3O3. The number of rotatable bonds is 5. The van der Waals surface area contributed by atoms with E-state index < -0.39 is 35.7 Å². The molecule has 2 heterocycles. The van der Waals surface area contributed by atoms with Crippen molar-refractivity contribution in [3.8, 4) is 11.9 Å². The van der Waals surface area contributed by atoms with Gasteiger partial charge >= 0.3 is 18.0 Å². The summed E-state index contributed by atoms with van der Waals surface area (Å²) in [4.78, 5) is 11.8. The third-order valence-electron chi connectivity index (χ3n) is 3.31. The Kier molecular flexibility index (Phi) is 4.86. The van der Waals surface area contributed by atoms with Gasteiger partial charge in [-0.3, -0.25) is 0 Å². The number of hydrogen-bond donors (Lipinski definition) is 0. The average molecular weight is 357 g/mol. The molecule has 1 aromatic heterocycles. The van der Waals surface area contributed by atoms with Crippen LogP contribution in [0.2, 0.25) is 0 Å². The molecule has 6 nitrogen and oxygen atoms in total. The Morgan fingerprint density at radius 1 is 1.25 bits per heavy atom. The quantitative estimate of drug-likeness (QED) is 0.755. The summed E-state index contributed by atoms with van der Waals surface area (Å²) < 4.78 is 79.4. The molecular weight excluding hydrogens is 341 g/mol. The Morgan fingerprint density at radius 3 is 2.42 bits per heavy atom. The molecule has 0 aliphatic carbocycles. The van der Waals surface area contributed by atoms with E-state index in [0.717, 1.165) is 7.05 Å². The number of alkyl halides is 5. The summed E-state index contributed by atoms with van der Waals surface area (Å²) in [5.41, 5.74) is -5.23. The average Bonchev–Trinajstić information content (AvgIpc) is 2.70. The van der Waals surface area contributed by atoms with Crippen LogP contribution in [0.3, 0.4) is 0 Å². The minimum absolute atomic E-state index is 0.0488. The lowest BCUT2D eigenvalue weighted by molar-refractivity contribution is -0.326. The van der Waals surface area contributed by atoms with Crippen LogP contribution in [0.25, 0.3) is 0 Å². The number of nitrogens with zero attached hydrogens (tertiary/aromatic N) is 3. The van der Waals surface area contributed by atoms with Crippen molar-refractivity contribution in [3.05, 3.63) is 11.8 Å². The van der Waals surface area contributed by atoms with Gasteiger partial charge in [-0.2, -0.15) is 23.2 Å². The molecule has 24 heavy (non-hydrogen) atoms. The van der Waals surface area contributed by atoms with E-state index in [9.17, 15) is 17.6 Å². The summed E-state index contributed by atoms with van der Waals surface area (Å²) in [7, 11) is 0.983. The van der Waals surface area contributed by atoms with Crippen LogP contribution >= 0.6 is 0 Å². The third-order valence-corrected chi connectivity index (χ3v) is 3.31. The van der Waals surface area contributed by atoms with Crippen LogP contribution in [0.4, 0.5) is 22.0 Å². The fraction of sp³-hybridized carbons (Fsp3) is 0.692. The third kappa shape index (κ3) is 2.86. The molecule has 0 saturated carbocycles. The van der Waals surface area contributed by atoms with Crippen LogP contribution in [0.1, 0.15) is 19.4 Å². The summed E-state index contributed by atoms with van der Waals surface area (Å²) in [6, 6.07) is -0.240. The van der Waals surface area contributed by atoms with E-state index in [0.29, 0.717) is 11.3 Å². The van der Waals surface area contributed by atoms with E-state index >= 15 is 4.39 Å². The number of halogens is 5. The Balaban J connectivity index is 2.59. The highest BCUT2D eigenvalue weighted by Crippen LogP contribution is 2.56. The molecule has 0 bridgehead atoms. The summed E-state index contributed by atoms with van der Waals surface area (Å²) in [6.45, 7) is 1.89. The van der Waals surface area contributed by atoms with Gasteiger partial charge in [0.05, 0.1) is 19.8 Å². The summed E-state index contributed by atoms with van der Waals surface area (Å²) >= 11 is 0. The predicted molar refractivity (Wildman–Crippen MR) is 70.8 cm³/mol. The lowest BCUT2D eigenvalue weighted by atomic mass is 9.91. The predicted octanol–water partition coefficient (Wildman–Crippen LogP) is 2.54. The summed E-state index contributed by atoms with van der Waals surface area (Å²) in [5, 5.41) is 0.430. The monoisotopic (exact) mass is 357 g/mol. The molecule has 11 heteroatoms. The van der Waals surface area contributed by atoms with Crippen LogP contribution in [0, 0.1) is 0 Å². The van der Waals surface area contributed by atoms with Crippen LogP contribution in [-0.4, -0.2) is 53.7 Å². The van der Waals surface area contributed by atoms with Gasteiger partial charge in [-0.15, -0.1) is 0 Å². The van der Waals surface area contributed by atoms with Gasteiger partial charge in [0.15, 0.2) is 0 Å². The standard InChI is InChI=1S/C13H16F5N3O3/c1-4-22-9-8(6-19-10(20-9)23-5-2)12(15)11(14,13(16,17)18)7-21(3)24-12/h6H,4-5,7H2,1-3H3/t11-,12-/m1/s1. The van der Waals surface area contributed by atoms with Crippen LogP contribution in [0.5, 0.6) is 11.9 Å². The second kappa shape index (κ2) is 6.28. The zero-order valence-corrected chi connectivity index (χ0v) is 13.2. The molecule has 2 rings (SSSR count). The first-order valence-corrected chi connectivity index (χ1v) is 7.07. The zero-order chi connectivity index (χ0) is 18.2. The molecule has 1 aromatic rings. The van der Waals surface area contributed by atoms with Gasteiger partial charge in [0.1, 0.15) is 5.56 Å². The lowest BCUT2D eigenvalue weighted by Crippen LogP contribution is -2.55. The van der Waals surface area contributed by atoms with Crippen molar-refractivity contribution in [2.75, 3.05) is 26.8 Å². The lowest BCUT2D eigenvalue weighted by Gasteiger charge is -2.32.